The fraction of sp³-hybridized carbons (Fsp3) is 0.406. The third-order valence-corrected chi connectivity index (χ3v) is 13.1. The van der Waals surface area contributed by atoms with Crippen LogP contribution in [0.25, 0.3) is 0 Å². The number of pyridine rings is 1. The molecule has 0 saturated carbocycles. The number of carbonyl (C=O) groups is 2. The van der Waals surface area contributed by atoms with Crippen LogP contribution in [0.2, 0.25) is 5.15 Å². The number of benzene rings is 2. The standard InChI is InChI=1S/C32H38ClF2IN6O4S/c1-42(2,3)36-14-15-37-31(44)23-6-8-24(9-7-23)32(34,35)25-21-28(33)38-29(22-25)39-17-19-40(20-18-39)47(45,46)27-12-10-26(11-13-27)41-16-4-5-30(41)43/h6-13,21-22H,4-5,14-20H2,1-3H3,(H,37,44). The minimum atomic E-state index is -3.81. The number of aromatic nitrogens is 1. The second-order valence-corrected chi connectivity index (χ2v) is 19.1. The summed E-state index contributed by atoms with van der Waals surface area (Å²) in [4.78, 5) is 32.3. The normalized spacial score (nSPS) is 16.6. The number of nitrogens with zero attached hydrogens (tertiary/aromatic N) is 5. The average molecular weight is 803 g/mol. The summed E-state index contributed by atoms with van der Waals surface area (Å²) < 4.78 is 61.4. The van der Waals surface area contributed by atoms with Gasteiger partial charge >= 0.3 is 151 Å². The molecule has 1 N–H and O–H groups in total. The summed E-state index contributed by atoms with van der Waals surface area (Å²) in [5.41, 5.74) is 0.307. The van der Waals surface area contributed by atoms with Crippen molar-refractivity contribution < 1.29 is 51.0 Å². The van der Waals surface area contributed by atoms with Gasteiger partial charge in [-0.15, -0.1) is 0 Å². The van der Waals surface area contributed by atoms with Gasteiger partial charge in [-0.25, -0.2) is 13.4 Å². The average Bonchev–Trinajstić information content (AvgIpc) is 3.48. The summed E-state index contributed by atoms with van der Waals surface area (Å²) in [6.45, 7) is 1.83. The number of nitrogens with one attached hydrogen (secondary N) is 1. The van der Waals surface area contributed by atoms with Crippen molar-refractivity contribution in [2.75, 3.05) is 74.6 Å². The Morgan fingerprint density at radius 2 is 1.64 bits per heavy atom. The van der Waals surface area contributed by atoms with E-state index in [9.17, 15) is 18.0 Å². The van der Waals surface area contributed by atoms with Gasteiger partial charge in [-0.05, 0) is 30.7 Å². The Balaban J connectivity index is 1.22. The maximum atomic E-state index is 15.8. The van der Waals surface area contributed by atoms with Crippen LogP contribution in [0.3, 0.4) is 0 Å². The molecular formula is C32H38ClF2IN6O4S. The van der Waals surface area contributed by atoms with Gasteiger partial charge in [0.2, 0.25) is 15.9 Å². The molecule has 0 aliphatic carbocycles. The first kappa shape index (κ1) is 35.4. The summed E-state index contributed by atoms with van der Waals surface area (Å²) >= 11 is 6.08. The molecule has 2 aliphatic heterocycles. The predicted octanol–water partition coefficient (Wildman–Crippen LogP) is 0.953. The maximum absolute atomic E-state index is 15.8. The van der Waals surface area contributed by atoms with Crippen molar-refractivity contribution in [2.45, 2.75) is 23.7 Å². The molecule has 0 spiro atoms. The van der Waals surface area contributed by atoms with Crippen LogP contribution in [0.15, 0.2) is 65.6 Å². The van der Waals surface area contributed by atoms with Crippen LogP contribution < -0.4 is 36.6 Å². The Bertz CT molecular complexity index is 1710. The van der Waals surface area contributed by atoms with Crippen molar-refractivity contribution in [2.24, 2.45) is 0 Å². The number of piperazine rings is 1. The number of hydrogen-bond acceptors (Lipinski definition) is 6. The number of anilines is 2. The van der Waals surface area contributed by atoms with E-state index >= 15 is 8.78 Å². The second-order valence-electron chi connectivity index (χ2n) is 12.1. The summed E-state index contributed by atoms with van der Waals surface area (Å²) in [7, 11) is 2.53. The van der Waals surface area contributed by atoms with Crippen LogP contribution in [0, 0.1) is 0 Å². The third-order valence-electron chi connectivity index (χ3n) is 7.90. The Morgan fingerprint density at radius 1 is 0.979 bits per heavy atom. The fourth-order valence-electron chi connectivity index (χ4n) is 5.41. The van der Waals surface area contributed by atoms with Crippen molar-refractivity contribution in [3.8, 4) is 0 Å². The molecule has 3 heterocycles. The molecule has 15 heteroatoms. The number of carbonyl (C=O) groups excluding carboxylic acids is 2. The molecule has 2 fully saturated rings. The van der Waals surface area contributed by atoms with E-state index in [4.69, 9.17) is 11.6 Å². The van der Waals surface area contributed by atoms with Gasteiger partial charge in [0.15, 0.2) is 0 Å². The number of alkyl halides is 3. The Kier molecular flexibility index (Phi) is 10.8. The van der Waals surface area contributed by atoms with Gasteiger partial charge in [-0.1, -0.05) is 11.6 Å². The van der Waals surface area contributed by atoms with E-state index in [0.717, 1.165) is 19.6 Å². The number of amides is 2. The number of quaternary nitrogens is 1. The molecule has 2 aliphatic rings. The first-order valence-corrected chi connectivity index (χ1v) is 19.5. The molecule has 2 aromatic carbocycles. The van der Waals surface area contributed by atoms with Crippen LogP contribution in [0.5, 0.6) is 0 Å². The Labute approximate surface area is 289 Å². The van der Waals surface area contributed by atoms with E-state index in [1.807, 2.05) is 0 Å². The molecule has 5 rings (SSSR count). The monoisotopic (exact) mass is 802 g/mol. The zero-order valence-corrected chi connectivity index (χ0v) is 30.2. The Morgan fingerprint density at radius 3 is 2.23 bits per heavy atom. The third kappa shape index (κ3) is 8.39. The summed E-state index contributed by atoms with van der Waals surface area (Å²) in [5, 5.41) is 2.74. The van der Waals surface area contributed by atoms with Gasteiger partial charge in [0.25, 0.3) is 0 Å². The molecule has 10 nitrogen and oxygen atoms in total. The number of sulfonamides is 1. The van der Waals surface area contributed by atoms with Crippen molar-refractivity contribution in [1.29, 1.82) is 0 Å². The quantitative estimate of drug-likeness (QED) is 0.102. The van der Waals surface area contributed by atoms with E-state index < -0.39 is 15.9 Å². The molecule has 3 aromatic rings. The van der Waals surface area contributed by atoms with Gasteiger partial charge in [-0.2, -0.15) is 4.31 Å². The summed E-state index contributed by atoms with van der Waals surface area (Å²) in [5.74, 6) is -3.50. The SMILES string of the molecule is C[N+](C)(C)[I-]CCNC(=O)c1ccc(C(F)(F)c2cc(Cl)nc(N3CCN(S(=O)(=O)c4ccc(N5CCCC5=O)cc4)CC3)c2)cc1. The fourth-order valence-corrected chi connectivity index (χ4v) is 8.99. The van der Waals surface area contributed by atoms with Gasteiger partial charge in [0, 0.05) is 44.8 Å². The molecule has 254 valence electrons. The number of rotatable bonds is 11. The van der Waals surface area contributed by atoms with Crippen molar-refractivity contribution in [1.82, 2.24) is 14.6 Å². The molecular weight excluding hydrogens is 765 g/mol. The van der Waals surface area contributed by atoms with E-state index in [2.05, 4.69) is 31.4 Å². The predicted molar refractivity (Wildman–Crippen MR) is 173 cm³/mol. The Hall–Kier alpha value is -2.92. The van der Waals surface area contributed by atoms with Gasteiger partial charge in [-0.3, -0.25) is 4.79 Å². The minimum absolute atomic E-state index is 0.0208. The zero-order chi connectivity index (χ0) is 34.0. The van der Waals surface area contributed by atoms with E-state index in [1.54, 1.807) is 21.9 Å². The van der Waals surface area contributed by atoms with E-state index in [1.165, 1.54) is 46.8 Å². The zero-order valence-electron chi connectivity index (χ0n) is 26.4. The van der Waals surface area contributed by atoms with Crippen LogP contribution in [-0.2, 0) is 20.7 Å². The summed E-state index contributed by atoms with van der Waals surface area (Å²) in [6.07, 6.45) is 1.26. The molecule has 47 heavy (non-hydrogen) atoms. The van der Waals surface area contributed by atoms with Gasteiger partial charge in [0.05, 0.1) is 4.90 Å². The van der Waals surface area contributed by atoms with E-state index in [-0.39, 0.29) is 86.5 Å². The summed E-state index contributed by atoms with van der Waals surface area (Å²) in [6, 6.07) is 13.9. The van der Waals surface area contributed by atoms with Gasteiger partial charge in [0.1, 0.15) is 0 Å². The first-order chi connectivity index (χ1) is 22.1. The van der Waals surface area contributed by atoms with Crippen LogP contribution in [0.1, 0.15) is 34.3 Å². The first-order valence-electron chi connectivity index (χ1n) is 15.2. The number of halogens is 4. The molecule has 0 atom stereocenters. The van der Waals surface area contributed by atoms with Crippen LogP contribution in [-0.4, -0.2) is 97.1 Å². The molecule has 1 aromatic heterocycles. The molecule has 0 radical (unpaired) electrons. The number of hydrogen-bond donors (Lipinski definition) is 1. The molecule has 2 amide bonds. The van der Waals surface area contributed by atoms with Crippen LogP contribution in [0.4, 0.5) is 20.3 Å². The van der Waals surface area contributed by atoms with Crippen molar-refractivity contribution >= 4 is 44.9 Å². The molecule has 0 unspecified atom stereocenters. The van der Waals surface area contributed by atoms with Crippen molar-refractivity contribution in [3.05, 3.63) is 82.5 Å². The second kappa shape index (κ2) is 14.3. The van der Waals surface area contributed by atoms with Crippen molar-refractivity contribution in [3.63, 3.8) is 0 Å². The topological polar surface area (TPSA) is 103 Å². The van der Waals surface area contributed by atoms with E-state index in [0.29, 0.717) is 30.8 Å². The van der Waals surface area contributed by atoms with Crippen LogP contribution >= 0.6 is 11.6 Å². The molecule has 0 bridgehead atoms. The molecule has 2 saturated heterocycles. The van der Waals surface area contributed by atoms with Gasteiger partial charge < -0.3 is 9.80 Å².